The number of nitrogens with one attached hydrogen (secondary N) is 1. The van der Waals surface area contributed by atoms with Gasteiger partial charge in [0, 0.05) is 0 Å². The molecule has 3 aromatic rings. The highest BCUT2D eigenvalue weighted by atomic mass is 35.5. The fourth-order valence-corrected chi connectivity index (χ4v) is 3.67. The minimum absolute atomic E-state index is 0.0119. The molecule has 3 N–H and O–H groups in total. The summed E-state index contributed by atoms with van der Waals surface area (Å²) in [7, 11) is -3.76. The van der Waals surface area contributed by atoms with Crippen molar-refractivity contribution in [3.63, 3.8) is 0 Å². The van der Waals surface area contributed by atoms with Crippen molar-refractivity contribution in [2.45, 2.75) is 24.8 Å². The Hall–Kier alpha value is -2.68. The molecule has 146 valence electrons. The van der Waals surface area contributed by atoms with Crippen LogP contribution in [0.4, 0.5) is 0 Å². The molecule has 7 nitrogen and oxygen atoms in total. The monoisotopic (exact) mass is 418 g/mol. The molecule has 2 aromatic carbocycles. The van der Waals surface area contributed by atoms with E-state index in [0.717, 1.165) is 11.3 Å². The Morgan fingerprint density at radius 2 is 1.75 bits per heavy atom. The molecule has 0 aliphatic heterocycles. The average molecular weight is 419 g/mol. The van der Waals surface area contributed by atoms with Crippen LogP contribution in [-0.4, -0.2) is 24.1 Å². The van der Waals surface area contributed by atoms with Gasteiger partial charge in [-0.1, -0.05) is 41.9 Å². The van der Waals surface area contributed by atoms with E-state index < -0.39 is 10.0 Å². The fraction of sp³-hybridized carbons (Fsp3) is 0.158. The second-order valence-corrected chi connectivity index (χ2v) is 8.23. The third kappa shape index (κ3) is 4.09. The van der Waals surface area contributed by atoms with E-state index in [1.807, 2.05) is 30.3 Å². The second-order valence-electron chi connectivity index (χ2n) is 6.31. The third-order valence-electron chi connectivity index (χ3n) is 4.29. The standard InChI is InChI=1S/C19H19ClN4O3S/c1-12(14-8-10-16(11-9-14)28(21,26)27)22-19(25)17-13(2)23-24(18(17)20)15-6-4-3-5-7-15/h3-12H,1-2H3,(H,22,25)(H2,21,26,27). The first-order valence-electron chi connectivity index (χ1n) is 8.42. The van der Waals surface area contributed by atoms with Crippen LogP contribution in [0, 0.1) is 6.92 Å². The van der Waals surface area contributed by atoms with Crippen LogP contribution in [0.5, 0.6) is 0 Å². The number of aryl methyl sites for hydroxylation is 1. The zero-order chi connectivity index (χ0) is 20.5. The van der Waals surface area contributed by atoms with Gasteiger partial charge in [0.15, 0.2) is 0 Å². The van der Waals surface area contributed by atoms with E-state index in [4.69, 9.17) is 16.7 Å². The minimum Gasteiger partial charge on any atom is -0.345 e. The van der Waals surface area contributed by atoms with Crippen molar-refractivity contribution in [2.75, 3.05) is 0 Å². The number of halogens is 1. The van der Waals surface area contributed by atoms with Crippen LogP contribution in [-0.2, 0) is 10.0 Å². The first kappa shape index (κ1) is 20.1. The Labute approximate surface area is 168 Å². The van der Waals surface area contributed by atoms with Gasteiger partial charge in [0.25, 0.3) is 5.91 Å². The number of primary sulfonamides is 1. The molecular formula is C19H19ClN4O3S. The molecule has 1 aromatic heterocycles. The lowest BCUT2D eigenvalue weighted by molar-refractivity contribution is 0.0939. The molecule has 1 atom stereocenters. The highest BCUT2D eigenvalue weighted by Gasteiger charge is 2.22. The van der Waals surface area contributed by atoms with Crippen molar-refractivity contribution >= 4 is 27.5 Å². The first-order valence-corrected chi connectivity index (χ1v) is 10.3. The van der Waals surface area contributed by atoms with Gasteiger partial charge in [-0.2, -0.15) is 5.10 Å². The summed E-state index contributed by atoms with van der Waals surface area (Å²) in [5.41, 5.74) is 2.27. The van der Waals surface area contributed by atoms with Crippen molar-refractivity contribution in [3.8, 4) is 5.69 Å². The van der Waals surface area contributed by atoms with E-state index in [9.17, 15) is 13.2 Å². The number of sulfonamides is 1. The molecule has 9 heteroatoms. The van der Waals surface area contributed by atoms with E-state index in [0.29, 0.717) is 11.3 Å². The maximum Gasteiger partial charge on any atom is 0.256 e. The van der Waals surface area contributed by atoms with Gasteiger partial charge in [0.05, 0.1) is 27.9 Å². The van der Waals surface area contributed by atoms with E-state index in [1.165, 1.54) is 16.8 Å². The van der Waals surface area contributed by atoms with Crippen molar-refractivity contribution in [1.29, 1.82) is 0 Å². The molecule has 0 bridgehead atoms. The number of carbonyl (C=O) groups is 1. The molecule has 28 heavy (non-hydrogen) atoms. The van der Waals surface area contributed by atoms with Crippen molar-refractivity contribution in [3.05, 3.63) is 76.6 Å². The van der Waals surface area contributed by atoms with Gasteiger partial charge in [0.1, 0.15) is 5.15 Å². The molecule has 1 unspecified atom stereocenters. The largest absolute Gasteiger partial charge is 0.345 e. The minimum atomic E-state index is -3.76. The van der Waals surface area contributed by atoms with Crippen LogP contribution in [0.15, 0.2) is 59.5 Å². The second kappa shape index (κ2) is 7.75. The maximum absolute atomic E-state index is 12.8. The highest BCUT2D eigenvalue weighted by molar-refractivity contribution is 7.89. The van der Waals surface area contributed by atoms with Crippen LogP contribution in [0.3, 0.4) is 0 Å². The normalized spacial score (nSPS) is 12.6. The number of benzene rings is 2. The van der Waals surface area contributed by atoms with E-state index in [2.05, 4.69) is 10.4 Å². The number of hydrogen-bond donors (Lipinski definition) is 2. The van der Waals surface area contributed by atoms with Gasteiger partial charge in [0.2, 0.25) is 10.0 Å². The Balaban J connectivity index is 1.82. The lowest BCUT2D eigenvalue weighted by Gasteiger charge is -2.15. The smallest absolute Gasteiger partial charge is 0.256 e. The number of para-hydroxylation sites is 1. The molecule has 1 amide bonds. The predicted molar refractivity (Wildman–Crippen MR) is 107 cm³/mol. The number of amides is 1. The molecule has 1 heterocycles. The fourth-order valence-electron chi connectivity index (χ4n) is 2.80. The quantitative estimate of drug-likeness (QED) is 0.664. The van der Waals surface area contributed by atoms with Crippen LogP contribution < -0.4 is 10.5 Å². The van der Waals surface area contributed by atoms with Gasteiger partial charge >= 0.3 is 0 Å². The molecule has 0 aliphatic carbocycles. The number of nitrogens with zero attached hydrogens (tertiary/aromatic N) is 2. The molecule has 0 saturated carbocycles. The van der Waals surface area contributed by atoms with Gasteiger partial charge < -0.3 is 5.32 Å². The molecule has 0 radical (unpaired) electrons. The summed E-state index contributed by atoms with van der Waals surface area (Å²) >= 11 is 6.42. The summed E-state index contributed by atoms with van der Waals surface area (Å²) in [4.78, 5) is 12.8. The number of nitrogens with two attached hydrogens (primary N) is 1. The summed E-state index contributed by atoms with van der Waals surface area (Å²) in [5, 5.41) is 12.5. The molecular weight excluding hydrogens is 400 g/mol. The molecule has 0 spiro atoms. The lowest BCUT2D eigenvalue weighted by atomic mass is 10.1. The van der Waals surface area contributed by atoms with Crippen molar-refractivity contribution in [1.82, 2.24) is 15.1 Å². The average Bonchev–Trinajstić information content (AvgIpc) is 2.96. The summed E-state index contributed by atoms with van der Waals surface area (Å²) in [6, 6.07) is 14.9. The molecule has 0 fully saturated rings. The lowest BCUT2D eigenvalue weighted by Crippen LogP contribution is -2.27. The van der Waals surface area contributed by atoms with Crippen molar-refractivity contribution in [2.24, 2.45) is 5.14 Å². The Bertz CT molecular complexity index is 1110. The number of carbonyl (C=O) groups excluding carboxylic acids is 1. The van der Waals surface area contributed by atoms with Gasteiger partial charge in [-0.25, -0.2) is 18.2 Å². The number of rotatable bonds is 5. The SMILES string of the molecule is Cc1nn(-c2ccccc2)c(Cl)c1C(=O)NC(C)c1ccc(S(N)(=O)=O)cc1. The number of hydrogen-bond acceptors (Lipinski definition) is 4. The summed E-state index contributed by atoms with van der Waals surface area (Å²) < 4.78 is 24.2. The van der Waals surface area contributed by atoms with E-state index >= 15 is 0 Å². The van der Waals surface area contributed by atoms with Crippen LogP contribution in [0.1, 0.15) is 34.6 Å². The maximum atomic E-state index is 12.8. The summed E-state index contributed by atoms with van der Waals surface area (Å²) in [5.74, 6) is -0.368. The van der Waals surface area contributed by atoms with Gasteiger partial charge in [-0.05, 0) is 43.7 Å². The van der Waals surface area contributed by atoms with E-state index in [1.54, 1.807) is 26.0 Å². The zero-order valence-electron chi connectivity index (χ0n) is 15.3. The van der Waals surface area contributed by atoms with Crippen LogP contribution in [0.25, 0.3) is 5.69 Å². The molecule has 0 saturated heterocycles. The topological polar surface area (TPSA) is 107 Å². The molecule has 0 aliphatic rings. The van der Waals surface area contributed by atoms with E-state index in [-0.39, 0.29) is 22.0 Å². The summed E-state index contributed by atoms with van der Waals surface area (Å²) in [6.07, 6.45) is 0. The third-order valence-corrected chi connectivity index (χ3v) is 5.57. The Kier molecular flexibility index (Phi) is 5.55. The van der Waals surface area contributed by atoms with Gasteiger partial charge in [-0.3, -0.25) is 4.79 Å². The van der Waals surface area contributed by atoms with Crippen LogP contribution >= 0.6 is 11.6 Å². The van der Waals surface area contributed by atoms with Crippen LogP contribution in [0.2, 0.25) is 5.15 Å². The highest BCUT2D eigenvalue weighted by Crippen LogP contribution is 2.24. The number of aromatic nitrogens is 2. The predicted octanol–water partition coefficient (Wildman–Crippen LogP) is 2.97. The van der Waals surface area contributed by atoms with Gasteiger partial charge in [-0.15, -0.1) is 0 Å². The van der Waals surface area contributed by atoms with Crippen molar-refractivity contribution < 1.29 is 13.2 Å². The summed E-state index contributed by atoms with van der Waals surface area (Å²) in [6.45, 7) is 3.50. The molecule has 3 rings (SSSR count). The Morgan fingerprint density at radius 3 is 2.32 bits per heavy atom. The zero-order valence-corrected chi connectivity index (χ0v) is 16.8. The first-order chi connectivity index (χ1) is 13.2. The Morgan fingerprint density at radius 1 is 1.14 bits per heavy atom.